The molecule has 1 aromatic carbocycles. The Morgan fingerprint density at radius 1 is 1.10 bits per heavy atom. The fraction of sp³-hybridized carbons (Fsp3) is 0.545. The fourth-order valence-corrected chi connectivity index (χ4v) is 4.04. The summed E-state index contributed by atoms with van der Waals surface area (Å²) in [6, 6.07) is 5.96. The van der Waals surface area contributed by atoms with Gasteiger partial charge >= 0.3 is 14.0 Å². The van der Waals surface area contributed by atoms with Gasteiger partial charge in [0.25, 0.3) is 0 Å². The first-order valence-electron chi connectivity index (χ1n) is 10.3. The number of fused-ring (bicyclic) bond motifs is 1. The van der Waals surface area contributed by atoms with E-state index >= 15 is 0 Å². The van der Waals surface area contributed by atoms with Gasteiger partial charge in [0.05, 0.1) is 22.9 Å². The highest BCUT2D eigenvalue weighted by Crippen LogP contribution is 2.42. The molecule has 3 heterocycles. The number of hydrogen-bond donors (Lipinski definition) is 0. The summed E-state index contributed by atoms with van der Waals surface area (Å²) < 4.78 is 31.3. The van der Waals surface area contributed by atoms with Gasteiger partial charge in [-0.3, -0.25) is 0 Å². The SMILES string of the molecule is CC1OB(B2OC(C)(C)C(C)(CC#CC3=Cc4cc(Br)ccc4OC3)O2)OC1(C)C. The Bertz CT molecular complexity index is 935. The van der Waals surface area contributed by atoms with Gasteiger partial charge < -0.3 is 23.4 Å². The Hall–Kier alpha value is -1.23. The topological polar surface area (TPSA) is 46.2 Å². The number of halogens is 1. The van der Waals surface area contributed by atoms with Crippen LogP contribution >= 0.6 is 15.9 Å². The normalized spacial score (nSPS) is 29.0. The van der Waals surface area contributed by atoms with E-state index < -0.39 is 25.2 Å². The molecular formula is C22H27B2BrO5. The molecule has 2 fully saturated rings. The third kappa shape index (κ3) is 4.11. The zero-order chi connectivity index (χ0) is 21.7. The molecule has 0 radical (unpaired) electrons. The maximum atomic E-state index is 6.32. The predicted molar refractivity (Wildman–Crippen MR) is 122 cm³/mol. The summed E-state index contributed by atoms with van der Waals surface area (Å²) in [6.45, 7) is 12.6. The van der Waals surface area contributed by atoms with Crippen LogP contribution in [0, 0.1) is 11.8 Å². The van der Waals surface area contributed by atoms with Crippen molar-refractivity contribution >= 4 is 36.0 Å². The van der Waals surface area contributed by atoms with Crippen LogP contribution in [0.5, 0.6) is 5.75 Å². The molecule has 0 spiro atoms. The predicted octanol–water partition coefficient (Wildman–Crippen LogP) is 4.47. The van der Waals surface area contributed by atoms with Gasteiger partial charge in [-0.25, -0.2) is 0 Å². The zero-order valence-corrected chi connectivity index (χ0v) is 20.0. The summed E-state index contributed by atoms with van der Waals surface area (Å²) in [5, 5.41) is 0. The van der Waals surface area contributed by atoms with Gasteiger partial charge in [-0.05, 0) is 65.8 Å². The molecule has 0 aliphatic carbocycles. The summed E-state index contributed by atoms with van der Waals surface area (Å²) in [7, 11) is -1.13. The van der Waals surface area contributed by atoms with Crippen molar-refractivity contribution < 1.29 is 23.4 Å². The monoisotopic (exact) mass is 472 g/mol. The summed E-state index contributed by atoms with van der Waals surface area (Å²) in [5.41, 5.74) is 0.461. The molecule has 4 rings (SSSR count). The lowest BCUT2D eigenvalue weighted by Crippen LogP contribution is -2.44. The standard InChI is InChI=1S/C22H27B2BrO5/c1-15-20(2,3)28-23(27-15)24-29-21(4,5)22(6,30-24)11-7-8-16-12-17-13-18(25)9-10-19(17)26-14-16/h9-10,12-13,15H,11,14H2,1-6H3. The molecule has 2 unspecified atom stereocenters. The van der Waals surface area contributed by atoms with Crippen molar-refractivity contribution in [2.45, 2.75) is 70.9 Å². The number of hydrogen-bond acceptors (Lipinski definition) is 5. The lowest BCUT2D eigenvalue weighted by atomic mass is 9.49. The maximum Gasteiger partial charge on any atom is 0.489 e. The third-order valence-electron chi connectivity index (χ3n) is 6.38. The van der Waals surface area contributed by atoms with Crippen molar-refractivity contribution in [3.63, 3.8) is 0 Å². The molecule has 30 heavy (non-hydrogen) atoms. The number of ether oxygens (including phenoxy) is 1. The molecule has 2 atom stereocenters. The molecule has 3 aliphatic rings. The van der Waals surface area contributed by atoms with Crippen LogP contribution in [-0.2, 0) is 18.6 Å². The quantitative estimate of drug-likeness (QED) is 0.469. The molecule has 3 aliphatic heterocycles. The lowest BCUT2D eigenvalue weighted by molar-refractivity contribution is -0.00512. The minimum Gasteiger partial charge on any atom is -0.488 e. The highest BCUT2D eigenvalue weighted by atomic mass is 79.9. The van der Waals surface area contributed by atoms with E-state index in [1.807, 2.05) is 59.7 Å². The minimum atomic E-state index is -0.593. The van der Waals surface area contributed by atoms with E-state index in [4.69, 9.17) is 23.4 Å². The van der Waals surface area contributed by atoms with E-state index in [0.717, 1.165) is 21.4 Å². The summed E-state index contributed by atoms with van der Waals surface area (Å²) >= 11 is 3.50. The van der Waals surface area contributed by atoms with E-state index in [9.17, 15) is 0 Å². The van der Waals surface area contributed by atoms with E-state index in [1.165, 1.54) is 0 Å². The first-order chi connectivity index (χ1) is 14.0. The van der Waals surface area contributed by atoms with E-state index in [1.54, 1.807) is 0 Å². The second-order valence-electron chi connectivity index (χ2n) is 9.33. The van der Waals surface area contributed by atoms with Gasteiger partial charge in [0.15, 0.2) is 0 Å². The van der Waals surface area contributed by atoms with E-state index in [0.29, 0.717) is 13.0 Å². The molecule has 8 heteroatoms. The maximum absolute atomic E-state index is 6.32. The summed E-state index contributed by atoms with van der Waals surface area (Å²) in [6.07, 6.45) is 2.55. The molecule has 5 nitrogen and oxygen atoms in total. The van der Waals surface area contributed by atoms with Crippen molar-refractivity contribution in [2.24, 2.45) is 0 Å². The van der Waals surface area contributed by atoms with Crippen molar-refractivity contribution in [3.8, 4) is 17.6 Å². The largest absolute Gasteiger partial charge is 0.489 e. The van der Waals surface area contributed by atoms with Crippen LogP contribution in [0.25, 0.3) is 6.08 Å². The summed E-state index contributed by atoms with van der Waals surface area (Å²) in [4.78, 5) is 0. The van der Waals surface area contributed by atoms with E-state index in [2.05, 4.69) is 33.8 Å². The van der Waals surface area contributed by atoms with Crippen molar-refractivity contribution in [1.82, 2.24) is 0 Å². The number of rotatable bonds is 2. The van der Waals surface area contributed by atoms with Crippen LogP contribution in [0.2, 0.25) is 0 Å². The average Bonchev–Trinajstić information content (AvgIpc) is 3.06. The van der Waals surface area contributed by atoms with Crippen LogP contribution in [0.4, 0.5) is 0 Å². The van der Waals surface area contributed by atoms with Gasteiger partial charge in [0.2, 0.25) is 0 Å². The zero-order valence-electron chi connectivity index (χ0n) is 18.4. The van der Waals surface area contributed by atoms with Crippen LogP contribution in [0.1, 0.15) is 53.5 Å². The second kappa shape index (κ2) is 7.72. The summed E-state index contributed by atoms with van der Waals surface area (Å²) in [5.74, 6) is 7.40. The van der Waals surface area contributed by atoms with Crippen LogP contribution in [-0.4, -0.2) is 43.5 Å². The Morgan fingerprint density at radius 2 is 1.87 bits per heavy atom. The van der Waals surface area contributed by atoms with Crippen LogP contribution < -0.4 is 4.74 Å². The molecule has 0 amide bonds. The van der Waals surface area contributed by atoms with E-state index in [-0.39, 0.29) is 11.7 Å². The fourth-order valence-electron chi connectivity index (χ4n) is 3.66. The average molecular weight is 473 g/mol. The number of benzene rings is 1. The molecule has 158 valence electrons. The van der Waals surface area contributed by atoms with Crippen LogP contribution in [0.15, 0.2) is 28.2 Å². The molecule has 0 bridgehead atoms. The van der Waals surface area contributed by atoms with Gasteiger partial charge in [0.1, 0.15) is 12.4 Å². The first-order valence-corrected chi connectivity index (χ1v) is 11.1. The Labute approximate surface area is 188 Å². The first kappa shape index (κ1) is 22.0. The minimum absolute atomic E-state index is 0.0365. The molecular weight excluding hydrogens is 446 g/mol. The highest BCUT2D eigenvalue weighted by molar-refractivity contribution is 9.10. The van der Waals surface area contributed by atoms with Gasteiger partial charge in [0, 0.05) is 22.0 Å². The molecule has 0 saturated carbocycles. The van der Waals surface area contributed by atoms with Gasteiger partial charge in [-0.1, -0.05) is 27.8 Å². The third-order valence-corrected chi connectivity index (χ3v) is 6.87. The van der Waals surface area contributed by atoms with Gasteiger partial charge in [-0.2, -0.15) is 0 Å². The molecule has 0 aromatic heterocycles. The Balaban J connectivity index is 1.46. The van der Waals surface area contributed by atoms with Gasteiger partial charge in [-0.15, -0.1) is 0 Å². The molecule has 1 aromatic rings. The van der Waals surface area contributed by atoms with Crippen molar-refractivity contribution in [2.75, 3.05) is 6.61 Å². The lowest BCUT2D eigenvalue weighted by Gasteiger charge is -2.35. The smallest absolute Gasteiger partial charge is 0.488 e. The second-order valence-corrected chi connectivity index (χ2v) is 10.2. The van der Waals surface area contributed by atoms with Crippen molar-refractivity contribution in [3.05, 3.63) is 33.8 Å². The molecule has 0 N–H and O–H groups in total. The Kier molecular flexibility index (Phi) is 5.66. The highest BCUT2D eigenvalue weighted by Gasteiger charge is 2.62. The molecule has 2 saturated heterocycles. The Morgan fingerprint density at radius 3 is 2.57 bits per heavy atom. The van der Waals surface area contributed by atoms with Crippen molar-refractivity contribution in [1.29, 1.82) is 0 Å². The van der Waals surface area contributed by atoms with Crippen LogP contribution in [0.3, 0.4) is 0 Å².